The van der Waals surface area contributed by atoms with Crippen molar-refractivity contribution in [1.29, 1.82) is 0 Å². The number of fused-ring (bicyclic) bond motifs is 1. The average Bonchev–Trinajstić information content (AvgIpc) is 2.91. The second kappa shape index (κ2) is 5.01. The Hall–Kier alpha value is -1.51. The topological polar surface area (TPSA) is 38.3 Å². The predicted octanol–water partition coefficient (Wildman–Crippen LogP) is 2.61. The van der Waals surface area contributed by atoms with Gasteiger partial charge in [0, 0.05) is 11.6 Å². The molecule has 2 aliphatic rings. The van der Waals surface area contributed by atoms with Crippen molar-refractivity contribution in [2.75, 3.05) is 6.61 Å². The molecule has 1 aromatic carbocycles. The highest BCUT2D eigenvalue weighted by Gasteiger charge is 2.29. The van der Waals surface area contributed by atoms with Crippen LogP contribution in [0.1, 0.15) is 43.6 Å². The minimum Gasteiger partial charge on any atom is -0.493 e. The van der Waals surface area contributed by atoms with E-state index in [1.54, 1.807) is 0 Å². The van der Waals surface area contributed by atoms with Gasteiger partial charge in [0.1, 0.15) is 5.75 Å². The van der Waals surface area contributed by atoms with Crippen LogP contribution >= 0.6 is 0 Å². The number of nitrogens with one attached hydrogen (secondary N) is 1. The third kappa shape index (κ3) is 2.22. The van der Waals surface area contributed by atoms with Crippen LogP contribution in [0.4, 0.5) is 0 Å². The van der Waals surface area contributed by atoms with Gasteiger partial charge >= 0.3 is 0 Å². The predicted molar refractivity (Wildman–Crippen MR) is 69.7 cm³/mol. The molecule has 1 aromatic rings. The van der Waals surface area contributed by atoms with E-state index in [1.807, 2.05) is 24.3 Å². The number of carbonyl (C=O) groups excluding carboxylic acids is 1. The monoisotopic (exact) mass is 245 g/mol. The highest BCUT2D eigenvalue weighted by Crippen LogP contribution is 2.33. The van der Waals surface area contributed by atoms with Gasteiger partial charge in [-0.25, -0.2) is 0 Å². The van der Waals surface area contributed by atoms with Gasteiger partial charge < -0.3 is 10.1 Å². The van der Waals surface area contributed by atoms with Crippen molar-refractivity contribution in [2.45, 2.75) is 44.1 Å². The summed E-state index contributed by atoms with van der Waals surface area (Å²) in [6.45, 7) is 0.639. The molecule has 96 valence electrons. The van der Waals surface area contributed by atoms with Crippen LogP contribution in [0.15, 0.2) is 24.3 Å². The first-order valence-electron chi connectivity index (χ1n) is 6.87. The second-order valence-corrected chi connectivity index (χ2v) is 5.22. The van der Waals surface area contributed by atoms with Crippen LogP contribution in [0, 0.1) is 0 Å². The molecule has 3 nitrogen and oxygen atoms in total. The quantitative estimate of drug-likeness (QED) is 0.869. The fourth-order valence-electron chi connectivity index (χ4n) is 2.99. The maximum absolute atomic E-state index is 12.4. The lowest BCUT2D eigenvalue weighted by Crippen LogP contribution is -2.38. The van der Waals surface area contributed by atoms with E-state index < -0.39 is 0 Å². The number of rotatable bonds is 2. The largest absolute Gasteiger partial charge is 0.493 e. The number of para-hydroxylation sites is 1. The lowest BCUT2D eigenvalue weighted by Gasteiger charge is -2.26. The summed E-state index contributed by atoms with van der Waals surface area (Å²) in [5.74, 6) is 1.02. The van der Waals surface area contributed by atoms with Gasteiger partial charge in [0.2, 0.25) is 5.91 Å². The Morgan fingerprint density at radius 3 is 2.78 bits per heavy atom. The SMILES string of the molecule is O=C(NC1CCCC1)C1CCOc2ccccc21. The standard InChI is InChI=1S/C15H19NO2/c17-15(16-11-5-1-2-6-11)13-9-10-18-14-8-4-3-7-12(13)14/h3-4,7-8,11,13H,1-2,5-6,9-10H2,(H,16,17). The van der Waals surface area contributed by atoms with Gasteiger partial charge in [0.05, 0.1) is 12.5 Å². The molecular weight excluding hydrogens is 226 g/mol. The van der Waals surface area contributed by atoms with Crippen molar-refractivity contribution in [2.24, 2.45) is 0 Å². The number of ether oxygens (including phenoxy) is 1. The summed E-state index contributed by atoms with van der Waals surface area (Å²) in [7, 11) is 0. The Labute approximate surface area is 108 Å². The smallest absolute Gasteiger partial charge is 0.228 e. The van der Waals surface area contributed by atoms with E-state index in [4.69, 9.17) is 4.74 Å². The van der Waals surface area contributed by atoms with Crippen molar-refractivity contribution in [1.82, 2.24) is 5.32 Å². The highest BCUT2D eigenvalue weighted by atomic mass is 16.5. The number of carbonyl (C=O) groups is 1. The molecule has 0 saturated heterocycles. The number of hydrogen-bond acceptors (Lipinski definition) is 2. The number of amides is 1. The van der Waals surface area contributed by atoms with Crippen molar-refractivity contribution < 1.29 is 9.53 Å². The molecule has 3 rings (SSSR count). The summed E-state index contributed by atoms with van der Waals surface area (Å²) in [4.78, 5) is 12.4. The van der Waals surface area contributed by atoms with E-state index in [0.717, 1.165) is 30.6 Å². The molecule has 1 aliphatic heterocycles. The Morgan fingerprint density at radius 2 is 1.94 bits per heavy atom. The van der Waals surface area contributed by atoms with Crippen LogP contribution in [-0.2, 0) is 4.79 Å². The lowest BCUT2D eigenvalue weighted by atomic mass is 9.92. The molecule has 0 spiro atoms. The van der Waals surface area contributed by atoms with Gasteiger partial charge in [-0.2, -0.15) is 0 Å². The van der Waals surface area contributed by atoms with Gasteiger partial charge in [-0.05, 0) is 25.3 Å². The number of hydrogen-bond donors (Lipinski definition) is 1. The Bertz CT molecular complexity index is 438. The molecule has 1 fully saturated rings. The summed E-state index contributed by atoms with van der Waals surface area (Å²) >= 11 is 0. The molecular formula is C15H19NO2. The van der Waals surface area contributed by atoms with E-state index in [9.17, 15) is 4.79 Å². The molecule has 1 N–H and O–H groups in total. The zero-order chi connectivity index (χ0) is 12.4. The summed E-state index contributed by atoms with van der Waals surface area (Å²) in [6, 6.07) is 8.28. The minimum absolute atomic E-state index is 0.0319. The molecule has 1 amide bonds. The van der Waals surface area contributed by atoms with Crippen LogP contribution < -0.4 is 10.1 Å². The molecule has 3 heteroatoms. The zero-order valence-corrected chi connectivity index (χ0v) is 10.5. The van der Waals surface area contributed by atoms with Crippen molar-refractivity contribution >= 4 is 5.91 Å². The van der Waals surface area contributed by atoms with Crippen LogP contribution in [0.2, 0.25) is 0 Å². The van der Waals surface area contributed by atoms with Crippen molar-refractivity contribution in [3.63, 3.8) is 0 Å². The van der Waals surface area contributed by atoms with E-state index in [-0.39, 0.29) is 11.8 Å². The lowest BCUT2D eigenvalue weighted by molar-refractivity contribution is -0.123. The minimum atomic E-state index is -0.0319. The second-order valence-electron chi connectivity index (χ2n) is 5.22. The molecule has 1 atom stereocenters. The van der Waals surface area contributed by atoms with Crippen LogP contribution in [0.25, 0.3) is 0 Å². The zero-order valence-electron chi connectivity index (χ0n) is 10.5. The van der Waals surface area contributed by atoms with Crippen LogP contribution in [0.3, 0.4) is 0 Å². The van der Waals surface area contributed by atoms with Gasteiger partial charge in [-0.15, -0.1) is 0 Å². The van der Waals surface area contributed by atoms with E-state index >= 15 is 0 Å². The first kappa shape index (κ1) is 11.6. The summed E-state index contributed by atoms with van der Waals surface area (Å²) < 4.78 is 5.59. The van der Waals surface area contributed by atoms with E-state index in [0.29, 0.717) is 12.6 Å². The normalized spacial score (nSPS) is 23.2. The molecule has 1 unspecified atom stereocenters. The molecule has 0 radical (unpaired) electrons. The van der Waals surface area contributed by atoms with Gasteiger partial charge in [0.25, 0.3) is 0 Å². The van der Waals surface area contributed by atoms with Crippen LogP contribution in [-0.4, -0.2) is 18.6 Å². The Morgan fingerprint density at radius 1 is 1.17 bits per heavy atom. The first-order valence-corrected chi connectivity index (χ1v) is 6.87. The van der Waals surface area contributed by atoms with Crippen molar-refractivity contribution in [3.05, 3.63) is 29.8 Å². The molecule has 1 aliphatic carbocycles. The van der Waals surface area contributed by atoms with Gasteiger partial charge in [-0.1, -0.05) is 31.0 Å². The highest BCUT2D eigenvalue weighted by molar-refractivity contribution is 5.85. The molecule has 0 bridgehead atoms. The summed E-state index contributed by atoms with van der Waals surface area (Å²) in [6.07, 6.45) is 5.55. The van der Waals surface area contributed by atoms with Gasteiger partial charge in [0.15, 0.2) is 0 Å². The third-order valence-corrected chi connectivity index (χ3v) is 3.98. The van der Waals surface area contributed by atoms with Gasteiger partial charge in [-0.3, -0.25) is 4.79 Å². The number of benzene rings is 1. The Balaban J connectivity index is 1.74. The van der Waals surface area contributed by atoms with Crippen LogP contribution in [0.5, 0.6) is 5.75 Å². The van der Waals surface area contributed by atoms with E-state index in [2.05, 4.69) is 5.32 Å². The molecule has 0 aromatic heterocycles. The summed E-state index contributed by atoms with van der Waals surface area (Å²) in [5, 5.41) is 3.19. The molecule has 18 heavy (non-hydrogen) atoms. The fraction of sp³-hybridized carbons (Fsp3) is 0.533. The third-order valence-electron chi connectivity index (χ3n) is 3.98. The first-order chi connectivity index (χ1) is 8.84. The van der Waals surface area contributed by atoms with Crippen molar-refractivity contribution in [3.8, 4) is 5.75 Å². The summed E-state index contributed by atoms with van der Waals surface area (Å²) in [5.41, 5.74) is 1.04. The maximum atomic E-state index is 12.4. The fourth-order valence-corrected chi connectivity index (χ4v) is 2.99. The Kier molecular flexibility index (Phi) is 3.22. The molecule has 1 heterocycles. The van der Waals surface area contributed by atoms with E-state index in [1.165, 1.54) is 12.8 Å². The maximum Gasteiger partial charge on any atom is 0.228 e. The average molecular weight is 245 g/mol. The molecule has 1 saturated carbocycles.